The number of aryl methyl sites for hydroxylation is 1. The molecule has 1 amide bonds. The predicted octanol–water partition coefficient (Wildman–Crippen LogP) is 0.880. The Balaban J connectivity index is 1.61. The first-order valence-electron chi connectivity index (χ1n) is 8.31. The van der Waals surface area contributed by atoms with E-state index in [1.165, 1.54) is 11.3 Å². The molecular formula is C16H27N3O3S. The number of carbonyl (C=O) groups is 1. The molecule has 0 spiro atoms. The van der Waals surface area contributed by atoms with E-state index in [9.17, 15) is 14.7 Å². The van der Waals surface area contributed by atoms with E-state index in [1.54, 1.807) is 4.57 Å². The number of nitrogens with one attached hydrogen (secondary N) is 1. The molecule has 0 saturated carbocycles. The summed E-state index contributed by atoms with van der Waals surface area (Å²) in [7, 11) is 0. The largest absolute Gasteiger partial charge is 0.393 e. The van der Waals surface area contributed by atoms with Crippen LogP contribution in [-0.2, 0) is 11.3 Å². The summed E-state index contributed by atoms with van der Waals surface area (Å²) in [6.45, 7) is 7.79. The molecule has 130 valence electrons. The normalized spacial score (nSPS) is 16.7. The van der Waals surface area contributed by atoms with E-state index in [2.05, 4.69) is 10.2 Å². The van der Waals surface area contributed by atoms with Crippen LogP contribution in [0.3, 0.4) is 0 Å². The molecule has 2 N–H and O–H groups in total. The lowest BCUT2D eigenvalue weighted by Crippen LogP contribution is -2.37. The lowest BCUT2D eigenvalue weighted by molar-refractivity contribution is -0.121. The quantitative estimate of drug-likeness (QED) is 0.722. The first-order valence-corrected chi connectivity index (χ1v) is 9.13. The Morgan fingerprint density at radius 2 is 2.00 bits per heavy atom. The third kappa shape index (κ3) is 5.44. The molecule has 1 aliphatic heterocycles. The Labute approximate surface area is 141 Å². The summed E-state index contributed by atoms with van der Waals surface area (Å²) in [6.07, 6.45) is 2.81. The molecular weight excluding hydrogens is 314 g/mol. The van der Waals surface area contributed by atoms with Crippen LogP contribution in [0.5, 0.6) is 0 Å². The second kappa shape index (κ2) is 8.61. The van der Waals surface area contributed by atoms with Crippen molar-refractivity contribution < 1.29 is 9.90 Å². The highest BCUT2D eigenvalue weighted by Crippen LogP contribution is 2.10. The maximum absolute atomic E-state index is 11.9. The predicted molar refractivity (Wildman–Crippen MR) is 92.0 cm³/mol. The molecule has 0 bridgehead atoms. The molecule has 0 aliphatic carbocycles. The number of hydrogen-bond acceptors (Lipinski definition) is 5. The highest BCUT2D eigenvalue weighted by Gasteiger charge is 2.16. The fraction of sp³-hybridized carbons (Fsp3) is 0.750. The van der Waals surface area contributed by atoms with Crippen LogP contribution in [0, 0.1) is 13.8 Å². The average Bonchev–Trinajstić information content (AvgIpc) is 2.76. The molecule has 2 heterocycles. The second-order valence-electron chi connectivity index (χ2n) is 6.19. The number of thiazole rings is 1. The molecule has 1 aromatic heterocycles. The number of piperidine rings is 1. The first kappa shape index (κ1) is 18.2. The lowest BCUT2D eigenvalue weighted by atomic mass is 10.1. The number of aliphatic hydroxyl groups excluding tert-OH is 1. The van der Waals surface area contributed by atoms with Crippen molar-refractivity contribution in [2.24, 2.45) is 0 Å². The van der Waals surface area contributed by atoms with Gasteiger partial charge in [-0.25, -0.2) is 0 Å². The van der Waals surface area contributed by atoms with Crippen molar-refractivity contribution in [3.63, 3.8) is 0 Å². The number of carbonyl (C=O) groups excluding carboxylic acids is 1. The van der Waals surface area contributed by atoms with Crippen molar-refractivity contribution in [2.45, 2.75) is 52.2 Å². The number of hydrogen-bond donors (Lipinski definition) is 2. The molecule has 0 aromatic carbocycles. The van der Waals surface area contributed by atoms with Crippen molar-refractivity contribution >= 4 is 17.2 Å². The van der Waals surface area contributed by atoms with Crippen LogP contribution in [0.4, 0.5) is 0 Å². The summed E-state index contributed by atoms with van der Waals surface area (Å²) in [4.78, 5) is 27.0. The third-order valence-corrected chi connectivity index (χ3v) is 5.46. The van der Waals surface area contributed by atoms with Gasteiger partial charge in [0.05, 0.1) is 6.10 Å². The fourth-order valence-corrected chi connectivity index (χ4v) is 3.68. The van der Waals surface area contributed by atoms with Gasteiger partial charge in [0.1, 0.15) is 0 Å². The highest BCUT2D eigenvalue weighted by atomic mass is 32.1. The molecule has 6 nitrogen and oxygen atoms in total. The Morgan fingerprint density at radius 1 is 1.30 bits per heavy atom. The minimum Gasteiger partial charge on any atom is -0.393 e. The first-order chi connectivity index (χ1) is 11.0. The zero-order valence-electron chi connectivity index (χ0n) is 14.0. The molecule has 2 rings (SSSR count). The van der Waals surface area contributed by atoms with Gasteiger partial charge in [-0.15, -0.1) is 0 Å². The number of aromatic nitrogens is 1. The summed E-state index contributed by atoms with van der Waals surface area (Å²) in [5.41, 5.74) is 0.958. The smallest absolute Gasteiger partial charge is 0.307 e. The van der Waals surface area contributed by atoms with Gasteiger partial charge in [0.2, 0.25) is 5.91 Å². The summed E-state index contributed by atoms with van der Waals surface area (Å²) >= 11 is 1.24. The SMILES string of the molecule is Cc1sc(=O)n(CCC(=O)NCCCN2CCC(O)CC2)c1C. The Bertz CT molecular complexity index is 574. The van der Waals surface area contributed by atoms with Crippen LogP contribution < -0.4 is 10.2 Å². The number of aliphatic hydroxyl groups is 1. The van der Waals surface area contributed by atoms with Crippen molar-refractivity contribution in [2.75, 3.05) is 26.2 Å². The minimum atomic E-state index is -0.140. The Hall–Kier alpha value is -1.18. The molecule has 0 radical (unpaired) electrons. The lowest BCUT2D eigenvalue weighted by Gasteiger charge is -2.29. The maximum atomic E-state index is 11.9. The molecule has 1 aliphatic rings. The van der Waals surface area contributed by atoms with Crippen LogP contribution in [-0.4, -0.2) is 52.8 Å². The molecule has 0 unspecified atom stereocenters. The topological polar surface area (TPSA) is 74.6 Å². The van der Waals surface area contributed by atoms with E-state index < -0.39 is 0 Å². The number of nitrogens with zero attached hydrogens (tertiary/aromatic N) is 2. The summed E-state index contributed by atoms with van der Waals surface area (Å²) in [6, 6.07) is 0. The van der Waals surface area contributed by atoms with Crippen LogP contribution in [0.15, 0.2) is 4.79 Å². The van der Waals surface area contributed by atoms with Gasteiger partial charge in [-0.1, -0.05) is 11.3 Å². The zero-order chi connectivity index (χ0) is 16.8. The fourth-order valence-electron chi connectivity index (χ4n) is 2.82. The van der Waals surface area contributed by atoms with Gasteiger partial charge in [0.25, 0.3) is 0 Å². The number of amides is 1. The van der Waals surface area contributed by atoms with Crippen LogP contribution in [0.1, 0.15) is 36.3 Å². The molecule has 7 heteroatoms. The molecule has 1 fully saturated rings. The van der Waals surface area contributed by atoms with Crippen molar-refractivity contribution in [3.05, 3.63) is 20.2 Å². The van der Waals surface area contributed by atoms with Crippen LogP contribution >= 0.6 is 11.3 Å². The van der Waals surface area contributed by atoms with Gasteiger partial charge < -0.3 is 19.9 Å². The molecule has 23 heavy (non-hydrogen) atoms. The molecule has 1 aromatic rings. The van der Waals surface area contributed by atoms with Crippen LogP contribution in [0.2, 0.25) is 0 Å². The van der Waals surface area contributed by atoms with E-state index >= 15 is 0 Å². The van der Waals surface area contributed by atoms with E-state index in [0.29, 0.717) is 19.5 Å². The maximum Gasteiger partial charge on any atom is 0.307 e. The van der Waals surface area contributed by atoms with Crippen LogP contribution in [0.25, 0.3) is 0 Å². The summed E-state index contributed by atoms with van der Waals surface area (Å²) in [5.74, 6) is -0.00535. The van der Waals surface area contributed by atoms with Gasteiger partial charge in [-0.2, -0.15) is 0 Å². The van der Waals surface area contributed by atoms with E-state index in [1.807, 2.05) is 13.8 Å². The number of rotatable bonds is 7. The monoisotopic (exact) mass is 341 g/mol. The Morgan fingerprint density at radius 3 is 2.61 bits per heavy atom. The standard InChI is InChI=1S/C16H27N3O3S/c1-12-13(2)23-16(22)19(12)11-6-15(21)17-7-3-8-18-9-4-14(20)5-10-18/h14,20H,3-11H2,1-2H3,(H,17,21). The zero-order valence-corrected chi connectivity index (χ0v) is 14.8. The second-order valence-corrected chi connectivity index (χ2v) is 7.35. The third-order valence-electron chi connectivity index (χ3n) is 4.47. The van der Waals surface area contributed by atoms with Gasteiger partial charge in [0, 0.05) is 43.2 Å². The van der Waals surface area contributed by atoms with E-state index in [-0.39, 0.29) is 16.9 Å². The van der Waals surface area contributed by atoms with Gasteiger partial charge >= 0.3 is 4.87 Å². The summed E-state index contributed by atoms with van der Waals surface area (Å²) in [5, 5.41) is 12.4. The van der Waals surface area contributed by atoms with Gasteiger partial charge in [-0.3, -0.25) is 9.59 Å². The van der Waals surface area contributed by atoms with Crippen molar-refractivity contribution in [1.82, 2.24) is 14.8 Å². The van der Waals surface area contributed by atoms with E-state index in [4.69, 9.17) is 0 Å². The summed E-state index contributed by atoms with van der Waals surface area (Å²) < 4.78 is 1.68. The molecule has 1 saturated heterocycles. The Kier molecular flexibility index (Phi) is 6.80. The van der Waals surface area contributed by atoms with E-state index in [0.717, 1.165) is 49.5 Å². The van der Waals surface area contributed by atoms with Gasteiger partial charge in [0.15, 0.2) is 0 Å². The highest BCUT2D eigenvalue weighted by molar-refractivity contribution is 7.09. The van der Waals surface area contributed by atoms with Crippen molar-refractivity contribution in [1.29, 1.82) is 0 Å². The minimum absolute atomic E-state index is 0.00535. The van der Waals surface area contributed by atoms with Crippen molar-refractivity contribution in [3.8, 4) is 0 Å². The molecule has 0 atom stereocenters. The van der Waals surface area contributed by atoms with Gasteiger partial charge in [-0.05, 0) is 39.7 Å². The average molecular weight is 341 g/mol. The number of likely N-dealkylation sites (tertiary alicyclic amines) is 1.